The number of pyridine rings is 1. The van der Waals surface area contributed by atoms with Gasteiger partial charge in [-0.25, -0.2) is 13.4 Å². The van der Waals surface area contributed by atoms with Gasteiger partial charge in [-0.05, 0) is 37.1 Å². The van der Waals surface area contributed by atoms with Gasteiger partial charge in [0.25, 0.3) is 10.0 Å². The van der Waals surface area contributed by atoms with Crippen LogP contribution in [0.5, 0.6) is 0 Å². The molecule has 1 aliphatic carbocycles. The zero-order valence-electron chi connectivity index (χ0n) is 13.4. The minimum absolute atomic E-state index is 0.191. The molecule has 1 fully saturated rings. The number of halogens is 1. The highest BCUT2D eigenvalue weighted by molar-refractivity contribution is 7.94. The van der Waals surface area contributed by atoms with Crippen LogP contribution in [0.2, 0.25) is 4.34 Å². The Balaban J connectivity index is 1.70. The second kappa shape index (κ2) is 7.29. The Kier molecular flexibility index (Phi) is 5.32. The van der Waals surface area contributed by atoms with E-state index in [1.54, 1.807) is 18.3 Å². The first-order valence-electron chi connectivity index (χ1n) is 7.93. The number of nitrogens with zero attached hydrogens (tertiary/aromatic N) is 2. The average Bonchev–Trinajstić information content (AvgIpc) is 3.03. The van der Waals surface area contributed by atoms with E-state index in [2.05, 4.69) is 21.7 Å². The van der Waals surface area contributed by atoms with E-state index in [0.29, 0.717) is 16.1 Å². The van der Waals surface area contributed by atoms with Crippen LogP contribution >= 0.6 is 22.9 Å². The first kappa shape index (κ1) is 17.5. The summed E-state index contributed by atoms with van der Waals surface area (Å²) in [6.07, 6.45) is 7.76. The number of nitrogens with one attached hydrogen (secondary N) is 1. The van der Waals surface area contributed by atoms with Gasteiger partial charge in [0.15, 0.2) is 0 Å². The van der Waals surface area contributed by atoms with Crippen molar-refractivity contribution in [1.29, 1.82) is 0 Å². The van der Waals surface area contributed by atoms with Gasteiger partial charge in [-0.1, -0.05) is 30.9 Å². The minimum atomic E-state index is -3.62. The lowest BCUT2D eigenvalue weighted by molar-refractivity contribution is 0.426. The van der Waals surface area contributed by atoms with Gasteiger partial charge < -0.3 is 4.90 Å². The van der Waals surface area contributed by atoms with E-state index in [-0.39, 0.29) is 4.21 Å². The van der Waals surface area contributed by atoms with Crippen LogP contribution in [0.1, 0.15) is 32.1 Å². The third-order valence-electron chi connectivity index (χ3n) is 4.30. The van der Waals surface area contributed by atoms with Crippen molar-refractivity contribution in [2.45, 2.75) is 42.4 Å². The molecule has 8 heteroatoms. The van der Waals surface area contributed by atoms with E-state index in [0.717, 1.165) is 17.2 Å². The van der Waals surface area contributed by atoms with E-state index in [1.165, 1.54) is 38.2 Å². The summed E-state index contributed by atoms with van der Waals surface area (Å²) in [5.41, 5.74) is 0.445. The molecule has 2 aromatic heterocycles. The van der Waals surface area contributed by atoms with Crippen molar-refractivity contribution in [3.05, 3.63) is 34.8 Å². The van der Waals surface area contributed by atoms with E-state index < -0.39 is 10.0 Å². The summed E-state index contributed by atoms with van der Waals surface area (Å²) in [6.45, 7) is 0. The molecule has 24 heavy (non-hydrogen) atoms. The van der Waals surface area contributed by atoms with Crippen LogP contribution in [0.4, 0.5) is 11.5 Å². The maximum Gasteiger partial charge on any atom is 0.271 e. The molecule has 0 radical (unpaired) electrons. The highest BCUT2D eigenvalue weighted by atomic mass is 35.5. The number of aromatic nitrogens is 1. The molecule has 0 saturated heterocycles. The van der Waals surface area contributed by atoms with Gasteiger partial charge in [-0.15, -0.1) is 11.3 Å². The third-order valence-corrected chi connectivity index (χ3v) is 7.40. The standard InChI is InChI=1S/C16H20ClN3O2S2/c1-20(13-5-3-2-4-6-13)15-9-7-12(11-18-15)19-24(21,22)16-10-8-14(17)23-16/h7-11,13,19H,2-6H2,1H3. The van der Waals surface area contributed by atoms with Crippen LogP contribution in [0, 0.1) is 0 Å². The van der Waals surface area contributed by atoms with Gasteiger partial charge in [0.2, 0.25) is 0 Å². The Hall–Kier alpha value is -1.31. The third kappa shape index (κ3) is 4.02. The van der Waals surface area contributed by atoms with Crippen LogP contribution in [-0.2, 0) is 10.0 Å². The molecule has 0 bridgehead atoms. The van der Waals surface area contributed by atoms with Crippen LogP contribution in [0.25, 0.3) is 0 Å². The van der Waals surface area contributed by atoms with Crippen LogP contribution in [0.3, 0.4) is 0 Å². The summed E-state index contributed by atoms with van der Waals surface area (Å²) in [5.74, 6) is 0.865. The number of sulfonamides is 1. The molecule has 0 aromatic carbocycles. The molecule has 2 heterocycles. The average molecular weight is 386 g/mol. The molecule has 0 aliphatic heterocycles. The number of rotatable bonds is 5. The quantitative estimate of drug-likeness (QED) is 0.830. The Morgan fingerprint density at radius 2 is 1.96 bits per heavy atom. The van der Waals surface area contributed by atoms with Gasteiger partial charge in [-0.3, -0.25) is 4.72 Å². The molecule has 5 nitrogen and oxygen atoms in total. The number of hydrogen-bond donors (Lipinski definition) is 1. The van der Waals surface area contributed by atoms with E-state index in [9.17, 15) is 8.42 Å². The fourth-order valence-electron chi connectivity index (χ4n) is 2.96. The molecular formula is C16H20ClN3O2S2. The highest BCUT2D eigenvalue weighted by Gasteiger charge is 2.20. The number of thiophene rings is 1. The molecule has 1 N–H and O–H groups in total. The summed E-state index contributed by atoms with van der Waals surface area (Å²) in [4.78, 5) is 6.60. The van der Waals surface area contributed by atoms with Gasteiger partial charge in [0, 0.05) is 13.1 Å². The fraction of sp³-hybridized carbons (Fsp3) is 0.438. The van der Waals surface area contributed by atoms with E-state index >= 15 is 0 Å². The summed E-state index contributed by atoms with van der Waals surface area (Å²) >= 11 is 6.83. The molecule has 0 amide bonds. The zero-order chi connectivity index (χ0) is 17.2. The highest BCUT2D eigenvalue weighted by Crippen LogP contribution is 2.28. The second-order valence-electron chi connectivity index (χ2n) is 5.97. The van der Waals surface area contributed by atoms with Crippen molar-refractivity contribution in [3.63, 3.8) is 0 Å². The van der Waals surface area contributed by atoms with Gasteiger partial charge in [0.05, 0.1) is 16.2 Å². The monoisotopic (exact) mass is 385 g/mol. The van der Waals surface area contributed by atoms with Crippen molar-refractivity contribution in [2.75, 3.05) is 16.7 Å². The topological polar surface area (TPSA) is 62.3 Å². The van der Waals surface area contributed by atoms with Crippen molar-refractivity contribution in [1.82, 2.24) is 4.98 Å². The van der Waals surface area contributed by atoms with Gasteiger partial charge in [0.1, 0.15) is 10.0 Å². The lowest BCUT2D eigenvalue weighted by Gasteiger charge is -2.32. The predicted octanol–water partition coefficient (Wildman–Crippen LogP) is 4.37. The Morgan fingerprint density at radius 1 is 1.21 bits per heavy atom. The predicted molar refractivity (Wildman–Crippen MR) is 99.7 cm³/mol. The Morgan fingerprint density at radius 3 is 2.54 bits per heavy atom. The number of hydrogen-bond acceptors (Lipinski definition) is 5. The summed E-state index contributed by atoms with van der Waals surface area (Å²) < 4.78 is 27.7. The van der Waals surface area contributed by atoms with E-state index in [1.807, 2.05) is 6.07 Å². The molecule has 0 unspecified atom stereocenters. The summed E-state index contributed by atoms with van der Waals surface area (Å²) in [6, 6.07) is 7.18. The van der Waals surface area contributed by atoms with E-state index in [4.69, 9.17) is 11.6 Å². The largest absolute Gasteiger partial charge is 0.357 e. The molecule has 1 saturated carbocycles. The Bertz CT molecular complexity index is 784. The van der Waals surface area contributed by atoms with Gasteiger partial charge >= 0.3 is 0 Å². The molecule has 3 rings (SSSR count). The maximum absolute atomic E-state index is 12.3. The molecule has 2 aromatic rings. The lowest BCUT2D eigenvalue weighted by Crippen LogP contribution is -2.33. The van der Waals surface area contributed by atoms with Crippen LogP contribution in [0.15, 0.2) is 34.7 Å². The van der Waals surface area contributed by atoms with Crippen LogP contribution < -0.4 is 9.62 Å². The van der Waals surface area contributed by atoms with Crippen LogP contribution in [-0.4, -0.2) is 26.5 Å². The molecule has 1 aliphatic rings. The maximum atomic E-state index is 12.3. The SMILES string of the molecule is CN(c1ccc(NS(=O)(=O)c2ccc(Cl)s2)cn1)C1CCCCC1. The lowest BCUT2D eigenvalue weighted by atomic mass is 9.94. The normalized spacial score (nSPS) is 16.1. The zero-order valence-corrected chi connectivity index (χ0v) is 15.8. The first-order valence-corrected chi connectivity index (χ1v) is 10.6. The smallest absolute Gasteiger partial charge is 0.271 e. The van der Waals surface area contributed by atoms with Crippen molar-refractivity contribution in [3.8, 4) is 0 Å². The molecule has 0 atom stereocenters. The first-order chi connectivity index (χ1) is 11.5. The van der Waals surface area contributed by atoms with Gasteiger partial charge in [-0.2, -0.15) is 0 Å². The minimum Gasteiger partial charge on any atom is -0.357 e. The molecule has 130 valence electrons. The second-order valence-corrected chi connectivity index (χ2v) is 9.60. The molecular weight excluding hydrogens is 366 g/mol. The van der Waals surface area contributed by atoms with Crippen molar-refractivity contribution >= 4 is 44.5 Å². The van der Waals surface area contributed by atoms with Crippen molar-refractivity contribution < 1.29 is 8.42 Å². The molecule has 0 spiro atoms. The number of anilines is 2. The summed E-state index contributed by atoms with van der Waals surface area (Å²) in [5, 5.41) is 0. The Labute approximate surface area is 151 Å². The summed E-state index contributed by atoms with van der Waals surface area (Å²) in [7, 11) is -1.56. The fourth-order valence-corrected chi connectivity index (χ4v) is 5.48. The van der Waals surface area contributed by atoms with Crippen molar-refractivity contribution in [2.24, 2.45) is 0 Å².